The van der Waals surface area contributed by atoms with E-state index in [0.717, 1.165) is 23.3 Å². The summed E-state index contributed by atoms with van der Waals surface area (Å²) in [6.45, 7) is 3.89. The number of thioether (sulfide) groups is 1. The molecule has 3 atom stereocenters. The molecule has 8 heteroatoms. The summed E-state index contributed by atoms with van der Waals surface area (Å²) < 4.78 is 28.4. The van der Waals surface area contributed by atoms with Crippen LogP contribution in [0.25, 0.3) is 0 Å². The lowest BCUT2D eigenvalue weighted by atomic mass is 9.90. The Kier molecular flexibility index (Phi) is 7.50. The van der Waals surface area contributed by atoms with Gasteiger partial charge in [-0.15, -0.1) is 0 Å². The molecule has 30 heavy (non-hydrogen) atoms. The molecule has 0 radical (unpaired) electrons. The number of carbonyl (C=O) groups is 1. The van der Waals surface area contributed by atoms with E-state index in [1.54, 1.807) is 48.2 Å². The Morgan fingerprint density at radius 3 is 2.37 bits per heavy atom. The van der Waals surface area contributed by atoms with Crippen molar-refractivity contribution in [2.24, 2.45) is 5.92 Å². The number of rotatable bonds is 7. The topological polar surface area (TPSA) is 74.7 Å². The summed E-state index contributed by atoms with van der Waals surface area (Å²) in [5, 5.41) is 10.3. The maximum atomic E-state index is 13.5. The molecule has 1 aliphatic rings. The summed E-state index contributed by atoms with van der Waals surface area (Å²) >= 11 is 7.65. The van der Waals surface area contributed by atoms with E-state index in [1.807, 2.05) is 19.1 Å². The zero-order valence-corrected chi connectivity index (χ0v) is 19.4. The molecule has 1 heterocycles. The van der Waals surface area contributed by atoms with E-state index in [4.69, 9.17) is 11.6 Å². The second-order valence-corrected chi connectivity index (χ2v) is 11.2. The average molecular weight is 468 g/mol. The third kappa shape index (κ3) is 5.02. The van der Waals surface area contributed by atoms with Gasteiger partial charge in [-0.05, 0) is 55.3 Å². The maximum Gasteiger partial charge on any atom is 0.308 e. The van der Waals surface area contributed by atoms with E-state index in [-0.39, 0.29) is 16.7 Å². The van der Waals surface area contributed by atoms with Crippen molar-refractivity contribution < 1.29 is 18.3 Å². The van der Waals surface area contributed by atoms with Gasteiger partial charge >= 0.3 is 5.97 Å². The van der Waals surface area contributed by atoms with E-state index in [9.17, 15) is 18.3 Å². The van der Waals surface area contributed by atoms with Crippen LogP contribution in [0.2, 0.25) is 5.02 Å². The van der Waals surface area contributed by atoms with Crippen LogP contribution in [0.5, 0.6) is 0 Å². The van der Waals surface area contributed by atoms with Gasteiger partial charge in [-0.2, -0.15) is 16.1 Å². The van der Waals surface area contributed by atoms with Crippen molar-refractivity contribution in [3.8, 4) is 0 Å². The van der Waals surface area contributed by atoms with E-state index in [0.29, 0.717) is 11.4 Å². The minimum Gasteiger partial charge on any atom is -0.481 e. The molecule has 1 fully saturated rings. The summed E-state index contributed by atoms with van der Waals surface area (Å²) in [7, 11) is -3.87. The highest BCUT2D eigenvalue weighted by Gasteiger charge is 2.45. The van der Waals surface area contributed by atoms with Crippen LogP contribution in [-0.2, 0) is 14.8 Å². The van der Waals surface area contributed by atoms with Gasteiger partial charge in [0.25, 0.3) is 0 Å². The maximum absolute atomic E-state index is 13.5. The first-order valence-electron chi connectivity index (χ1n) is 9.92. The summed E-state index contributed by atoms with van der Waals surface area (Å²) in [6, 6.07) is 13.4. The van der Waals surface area contributed by atoms with Gasteiger partial charge in [0.2, 0.25) is 10.0 Å². The molecule has 0 bridgehead atoms. The number of carboxylic acid groups (broad SMARTS) is 1. The Hall–Kier alpha value is -1.54. The number of aliphatic carboxylic acids is 1. The zero-order chi connectivity index (χ0) is 21.9. The summed E-state index contributed by atoms with van der Waals surface area (Å²) in [4.78, 5) is 12.2. The van der Waals surface area contributed by atoms with E-state index in [1.165, 1.54) is 4.31 Å². The van der Waals surface area contributed by atoms with E-state index in [2.05, 4.69) is 6.92 Å². The second-order valence-electron chi connectivity index (χ2n) is 7.54. The molecule has 3 rings (SSSR count). The molecular formula is C22H26ClNO4S2. The van der Waals surface area contributed by atoms with Crippen molar-refractivity contribution in [1.82, 2.24) is 4.31 Å². The molecule has 0 aromatic heterocycles. The average Bonchev–Trinajstić information content (AvgIpc) is 2.72. The quantitative estimate of drug-likeness (QED) is 0.620. The molecule has 0 saturated carbocycles. The number of sulfonamides is 1. The molecule has 0 aliphatic carbocycles. The highest BCUT2D eigenvalue weighted by atomic mass is 35.5. The number of halogens is 1. The van der Waals surface area contributed by atoms with Crippen LogP contribution in [0.3, 0.4) is 0 Å². The van der Waals surface area contributed by atoms with Crippen LogP contribution >= 0.6 is 23.4 Å². The largest absolute Gasteiger partial charge is 0.481 e. The molecule has 2 aromatic carbocycles. The first-order valence-corrected chi connectivity index (χ1v) is 12.8. The Bertz CT molecular complexity index is 977. The molecule has 1 N–H and O–H groups in total. The van der Waals surface area contributed by atoms with Crippen molar-refractivity contribution in [1.29, 1.82) is 0 Å². The number of benzene rings is 2. The van der Waals surface area contributed by atoms with Gasteiger partial charge in [0.1, 0.15) is 0 Å². The Labute approximate surface area is 187 Å². The van der Waals surface area contributed by atoms with Gasteiger partial charge in [-0.1, -0.05) is 48.4 Å². The molecule has 1 saturated heterocycles. The van der Waals surface area contributed by atoms with Crippen LogP contribution < -0.4 is 0 Å². The van der Waals surface area contributed by atoms with Gasteiger partial charge in [0.15, 0.2) is 0 Å². The zero-order valence-electron chi connectivity index (χ0n) is 17.0. The predicted molar refractivity (Wildman–Crippen MR) is 122 cm³/mol. The number of hydrogen-bond acceptors (Lipinski definition) is 4. The molecular weight excluding hydrogens is 442 g/mol. The summed E-state index contributed by atoms with van der Waals surface area (Å²) in [5.74, 6) is -0.875. The number of carboxylic acids is 1. The first kappa shape index (κ1) is 23.1. The molecule has 0 spiro atoms. The normalized spacial score (nSPS) is 22.7. The van der Waals surface area contributed by atoms with Gasteiger partial charge in [-0.3, -0.25) is 4.79 Å². The van der Waals surface area contributed by atoms with Gasteiger partial charge in [-0.25, -0.2) is 8.42 Å². The third-order valence-corrected chi connectivity index (χ3v) is 9.10. The van der Waals surface area contributed by atoms with Crippen molar-refractivity contribution in [2.75, 3.05) is 12.3 Å². The molecule has 162 valence electrons. The second kappa shape index (κ2) is 9.73. The fourth-order valence-corrected chi connectivity index (χ4v) is 6.80. The summed E-state index contributed by atoms with van der Waals surface area (Å²) in [6.07, 6.45) is 1.37. The Morgan fingerprint density at radius 1 is 1.17 bits per heavy atom. The van der Waals surface area contributed by atoms with Crippen molar-refractivity contribution >= 4 is 39.4 Å². The minimum absolute atomic E-state index is 0.0553. The third-order valence-electron chi connectivity index (χ3n) is 5.36. The lowest BCUT2D eigenvalue weighted by Gasteiger charge is -2.41. The predicted octanol–water partition coefficient (Wildman–Crippen LogP) is 5.00. The van der Waals surface area contributed by atoms with E-state index >= 15 is 0 Å². The highest BCUT2D eigenvalue weighted by molar-refractivity contribution is 7.99. The van der Waals surface area contributed by atoms with Crippen molar-refractivity contribution in [3.05, 3.63) is 64.7 Å². The van der Waals surface area contributed by atoms with Crippen molar-refractivity contribution in [2.45, 2.75) is 42.9 Å². The van der Waals surface area contributed by atoms with Crippen LogP contribution in [0, 0.1) is 12.8 Å². The van der Waals surface area contributed by atoms with Crippen LogP contribution in [0.15, 0.2) is 53.4 Å². The SMILES string of the molecule is CCCS[C@@H]1C[C@@H](c2ccc(Cl)cc2)N(S(=O)(=O)c2ccc(C)cc2)C[C@H]1C(=O)O. The lowest BCUT2D eigenvalue weighted by molar-refractivity contribution is -0.143. The number of piperidine rings is 1. The fraction of sp³-hybridized carbons (Fsp3) is 0.409. The first-order chi connectivity index (χ1) is 14.2. The smallest absolute Gasteiger partial charge is 0.308 e. The van der Waals surface area contributed by atoms with Crippen LogP contribution in [0.4, 0.5) is 0 Å². The minimum atomic E-state index is -3.87. The summed E-state index contributed by atoms with van der Waals surface area (Å²) in [5.41, 5.74) is 1.78. The van der Waals surface area contributed by atoms with E-state index < -0.39 is 28.0 Å². The molecule has 1 aliphatic heterocycles. The monoisotopic (exact) mass is 467 g/mol. The van der Waals surface area contributed by atoms with Gasteiger partial charge in [0.05, 0.1) is 16.9 Å². The highest BCUT2D eigenvalue weighted by Crippen LogP contribution is 2.42. The number of hydrogen-bond donors (Lipinski definition) is 1. The van der Waals surface area contributed by atoms with Crippen molar-refractivity contribution in [3.63, 3.8) is 0 Å². The lowest BCUT2D eigenvalue weighted by Crippen LogP contribution is -2.49. The Balaban J connectivity index is 2.04. The molecule has 2 aromatic rings. The standard InChI is InChI=1S/C22H26ClNO4S2/c1-3-12-29-21-13-20(16-6-8-17(23)9-7-16)24(14-19(21)22(25)26)30(27,28)18-10-4-15(2)5-11-18/h4-11,19-21H,3,12-14H2,1-2H3,(H,25,26)/t19-,20+,21-/m1/s1. The number of nitrogens with zero attached hydrogens (tertiary/aromatic N) is 1. The molecule has 0 amide bonds. The molecule has 5 nitrogen and oxygen atoms in total. The van der Waals surface area contributed by atoms with Gasteiger partial charge < -0.3 is 5.11 Å². The molecule has 0 unspecified atom stereocenters. The Morgan fingerprint density at radius 2 is 1.80 bits per heavy atom. The number of aryl methyl sites for hydroxylation is 1. The van der Waals surface area contributed by atoms with Crippen LogP contribution in [0.1, 0.15) is 36.9 Å². The fourth-order valence-electron chi connectivity index (χ4n) is 3.73. The van der Waals surface area contributed by atoms with Crippen LogP contribution in [-0.4, -0.2) is 41.3 Å². The van der Waals surface area contributed by atoms with Gasteiger partial charge in [0, 0.05) is 16.8 Å².